The van der Waals surface area contributed by atoms with Crippen LogP contribution in [0.2, 0.25) is 0 Å². The van der Waals surface area contributed by atoms with Gasteiger partial charge in [-0.1, -0.05) is 39.3 Å². The molecule has 2 aliphatic rings. The molecule has 0 aliphatic carbocycles. The average Bonchev–Trinajstić information content (AvgIpc) is 2.75. The molecule has 6 nitrogen and oxygen atoms in total. The second-order valence-electron chi connectivity index (χ2n) is 10.7. The number of likely N-dealkylation sites (tertiary alicyclic amines) is 1. The molecule has 1 spiro atoms. The van der Waals surface area contributed by atoms with Gasteiger partial charge in [-0.3, -0.25) is 9.59 Å². The summed E-state index contributed by atoms with van der Waals surface area (Å²) in [6.07, 6.45) is 5.57. The van der Waals surface area contributed by atoms with E-state index < -0.39 is 0 Å². The van der Waals surface area contributed by atoms with E-state index in [1.54, 1.807) is 11.9 Å². The monoisotopic (exact) mass is 444 g/mol. The second kappa shape index (κ2) is 10.7. The zero-order valence-electron chi connectivity index (χ0n) is 20.3. The van der Waals surface area contributed by atoms with E-state index in [4.69, 9.17) is 9.47 Å². The molecule has 32 heavy (non-hydrogen) atoms. The van der Waals surface area contributed by atoms with Gasteiger partial charge < -0.3 is 19.3 Å². The topological polar surface area (TPSA) is 59.1 Å². The molecule has 0 radical (unpaired) electrons. The third-order valence-corrected chi connectivity index (χ3v) is 6.67. The fraction of sp³-hybridized carbons (Fsp3) is 0.692. The molecule has 1 fully saturated rings. The molecule has 0 N–H and O–H groups in total. The minimum Gasteiger partial charge on any atom is -0.492 e. The molecule has 0 atom stereocenters. The number of amides is 2. The van der Waals surface area contributed by atoms with Crippen LogP contribution in [0.1, 0.15) is 69.7 Å². The first-order valence-corrected chi connectivity index (χ1v) is 12.0. The number of ether oxygens (including phenoxy) is 2. The van der Waals surface area contributed by atoms with Crippen molar-refractivity contribution in [3.8, 4) is 5.75 Å². The summed E-state index contributed by atoms with van der Waals surface area (Å²) in [6, 6.07) is 7.52. The number of para-hydroxylation sites is 1. The molecule has 2 aliphatic heterocycles. The van der Waals surface area contributed by atoms with Crippen molar-refractivity contribution >= 4 is 11.8 Å². The number of hydrogen-bond donors (Lipinski definition) is 0. The Balaban J connectivity index is 1.73. The lowest BCUT2D eigenvalue weighted by Crippen LogP contribution is -2.46. The van der Waals surface area contributed by atoms with Crippen LogP contribution in [0.15, 0.2) is 24.3 Å². The molecule has 1 aromatic rings. The summed E-state index contributed by atoms with van der Waals surface area (Å²) in [6.45, 7) is 10.3. The quantitative estimate of drug-likeness (QED) is 0.645. The Bertz CT molecular complexity index is 778. The van der Waals surface area contributed by atoms with Gasteiger partial charge >= 0.3 is 0 Å². The lowest BCUT2D eigenvalue weighted by Gasteiger charge is -2.42. The van der Waals surface area contributed by atoms with E-state index in [1.165, 1.54) is 0 Å². The smallest absolute Gasteiger partial charge is 0.257 e. The number of carbonyl (C=O) groups excluding carboxylic acids is 2. The highest BCUT2D eigenvalue weighted by Crippen LogP contribution is 2.38. The van der Waals surface area contributed by atoms with E-state index >= 15 is 0 Å². The summed E-state index contributed by atoms with van der Waals surface area (Å²) < 4.78 is 12.1. The molecule has 0 saturated carbocycles. The molecule has 2 amide bonds. The van der Waals surface area contributed by atoms with Crippen molar-refractivity contribution in [2.24, 2.45) is 10.8 Å². The van der Waals surface area contributed by atoms with Gasteiger partial charge in [0.15, 0.2) is 0 Å². The van der Waals surface area contributed by atoms with Gasteiger partial charge in [-0.2, -0.15) is 0 Å². The average molecular weight is 445 g/mol. The molecule has 1 saturated heterocycles. The number of benzene rings is 1. The molecule has 0 bridgehead atoms. The Hall–Kier alpha value is -2.08. The van der Waals surface area contributed by atoms with Gasteiger partial charge in [0.25, 0.3) is 5.91 Å². The summed E-state index contributed by atoms with van der Waals surface area (Å²) in [4.78, 5) is 29.4. The molecule has 0 unspecified atom stereocenters. The van der Waals surface area contributed by atoms with Crippen LogP contribution >= 0.6 is 0 Å². The van der Waals surface area contributed by atoms with Crippen molar-refractivity contribution in [1.82, 2.24) is 9.80 Å². The number of likely N-dealkylation sites (N-methyl/N-ethyl adjacent to an activating group) is 1. The molecule has 2 heterocycles. The summed E-state index contributed by atoms with van der Waals surface area (Å²) in [7, 11) is 1.81. The molecular formula is C26H40N2O4. The lowest BCUT2D eigenvalue weighted by molar-refractivity contribution is -0.136. The van der Waals surface area contributed by atoms with Crippen LogP contribution < -0.4 is 4.74 Å². The predicted molar refractivity (Wildman–Crippen MR) is 126 cm³/mol. The standard InChI is InChI=1S/C26H40N2O4/c1-25(2,3)19-23(29)28-14-12-26(13-15-28)11-7-8-17-31-18-16-27(4)24(30)21-9-5-6-10-22(21)32-20-26/h5-6,9-10H,7-8,11-20H2,1-4H3. The fourth-order valence-corrected chi connectivity index (χ4v) is 4.58. The van der Waals surface area contributed by atoms with Gasteiger partial charge in [0.05, 0.1) is 18.8 Å². The first kappa shape index (κ1) is 24.6. The van der Waals surface area contributed by atoms with Crippen LogP contribution in [0.4, 0.5) is 0 Å². The van der Waals surface area contributed by atoms with Crippen LogP contribution in [0.25, 0.3) is 0 Å². The Morgan fingerprint density at radius 2 is 1.75 bits per heavy atom. The highest BCUT2D eigenvalue weighted by atomic mass is 16.5. The molecular weight excluding hydrogens is 404 g/mol. The molecule has 0 aromatic heterocycles. The van der Waals surface area contributed by atoms with Crippen LogP contribution in [0.5, 0.6) is 5.75 Å². The van der Waals surface area contributed by atoms with Crippen molar-refractivity contribution < 1.29 is 19.1 Å². The third kappa shape index (κ3) is 6.71. The fourth-order valence-electron chi connectivity index (χ4n) is 4.58. The molecule has 1 aromatic carbocycles. The zero-order valence-corrected chi connectivity index (χ0v) is 20.3. The number of fused-ring (bicyclic) bond motifs is 1. The molecule has 6 heteroatoms. The minimum absolute atomic E-state index is 0.00310. The van der Waals surface area contributed by atoms with Crippen LogP contribution in [-0.2, 0) is 9.53 Å². The maximum Gasteiger partial charge on any atom is 0.257 e. The summed E-state index contributed by atoms with van der Waals surface area (Å²) in [5.74, 6) is 0.854. The second-order valence-corrected chi connectivity index (χ2v) is 10.7. The van der Waals surface area contributed by atoms with Crippen LogP contribution in [0.3, 0.4) is 0 Å². The summed E-state index contributed by atoms with van der Waals surface area (Å²) in [5, 5.41) is 0. The van der Waals surface area contributed by atoms with Crippen molar-refractivity contribution in [2.45, 2.75) is 59.3 Å². The van der Waals surface area contributed by atoms with E-state index in [9.17, 15) is 9.59 Å². The number of nitrogens with zero attached hydrogens (tertiary/aromatic N) is 2. The Kier molecular flexibility index (Phi) is 8.21. The van der Waals surface area contributed by atoms with Gasteiger partial charge in [-0.25, -0.2) is 0 Å². The van der Waals surface area contributed by atoms with E-state index in [1.807, 2.05) is 29.2 Å². The number of rotatable bonds is 1. The van der Waals surface area contributed by atoms with Gasteiger partial charge in [0.2, 0.25) is 5.91 Å². The first-order valence-electron chi connectivity index (χ1n) is 12.0. The predicted octanol–water partition coefficient (Wildman–Crippen LogP) is 4.38. The summed E-state index contributed by atoms with van der Waals surface area (Å²) >= 11 is 0. The number of piperidine rings is 1. The van der Waals surface area contributed by atoms with Crippen LogP contribution in [0, 0.1) is 10.8 Å². The largest absolute Gasteiger partial charge is 0.492 e. The van der Waals surface area contributed by atoms with Gasteiger partial charge in [0, 0.05) is 45.1 Å². The normalized spacial score (nSPS) is 20.9. The maximum atomic E-state index is 13.0. The van der Waals surface area contributed by atoms with Gasteiger partial charge in [-0.05, 0) is 43.2 Å². The lowest BCUT2D eigenvalue weighted by atomic mass is 9.75. The van der Waals surface area contributed by atoms with Crippen molar-refractivity contribution in [3.05, 3.63) is 29.8 Å². The minimum atomic E-state index is -0.0436. The summed E-state index contributed by atoms with van der Waals surface area (Å²) in [5.41, 5.74) is 0.619. The number of carbonyl (C=O) groups is 2. The van der Waals surface area contributed by atoms with E-state index in [0.29, 0.717) is 44.1 Å². The highest BCUT2D eigenvalue weighted by Gasteiger charge is 2.37. The maximum absolute atomic E-state index is 13.0. The third-order valence-electron chi connectivity index (χ3n) is 6.67. The van der Waals surface area contributed by atoms with E-state index in [0.717, 1.165) is 45.2 Å². The Morgan fingerprint density at radius 3 is 2.47 bits per heavy atom. The SMILES string of the molecule is CN1CCOCCCCC2(CCN(C(=O)CC(C)(C)C)CC2)COc2ccccc2C1=O. The van der Waals surface area contributed by atoms with Crippen molar-refractivity contribution in [3.63, 3.8) is 0 Å². The van der Waals surface area contributed by atoms with Gasteiger partial charge in [0.1, 0.15) is 5.75 Å². The first-order chi connectivity index (χ1) is 15.2. The highest BCUT2D eigenvalue weighted by molar-refractivity contribution is 5.96. The Labute approximate surface area is 193 Å². The zero-order chi connectivity index (χ0) is 23.2. The van der Waals surface area contributed by atoms with E-state index in [2.05, 4.69) is 20.8 Å². The van der Waals surface area contributed by atoms with Gasteiger partial charge in [-0.15, -0.1) is 0 Å². The van der Waals surface area contributed by atoms with Crippen molar-refractivity contribution in [2.75, 3.05) is 46.5 Å². The van der Waals surface area contributed by atoms with E-state index in [-0.39, 0.29) is 22.6 Å². The molecule has 178 valence electrons. The van der Waals surface area contributed by atoms with Crippen LogP contribution in [-0.4, -0.2) is 68.1 Å². The molecule has 3 rings (SSSR count). The number of hydrogen-bond acceptors (Lipinski definition) is 4. The Morgan fingerprint density at radius 1 is 1.03 bits per heavy atom. The van der Waals surface area contributed by atoms with Crippen molar-refractivity contribution in [1.29, 1.82) is 0 Å².